The fourth-order valence-electron chi connectivity index (χ4n) is 4.40. The van der Waals surface area contributed by atoms with Crippen LogP contribution in [0.1, 0.15) is 29.1 Å². The third-order valence-corrected chi connectivity index (χ3v) is 8.55. The number of benzene rings is 2. The first-order valence-corrected chi connectivity index (χ1v) is 13.5. The minimum atomic E-state index is -0.235. The van der Waals surface area contributed by atoms with E-state index in [9.17, 15) is 9.59 Å². The summed E-state index contributed by atoms with van der Waals surface area (Å²) in [5, 5.41) is 3.67. The Kier molecular flexibility index (Phi) is 7.04. The zero-order valence-corrected chi connectivity index (χ0v) is 21.5. The molecule has 1 aliphatic rings. The van der Waals surface area contributed by atoms with Crippen LogP contribution in [0.5, 0.6) is 0 Å². The zero-order chi connectivity index (χ0) is 24.4. The van der Waals surface area contributed by atoms with Crippen LogP contribution in [-0.2, 0) is 17.9 Å². The van der Waals surface area contributed by atoms with Crippen molar-refractivity contribution in [2.24, 2.45) is 0 Å². The van der Waals surface area contributed by atoms with E-state index in [1.165, 1.54) is 0 Å². The first-order valence-electron chi connectivity index (χ1n) is 11.8. The van der Waals surface area contributed by atoms with Gasteiger partial charge < -0.3 is 5.32 Å². The largest absolute Gasteiger partial charge is 0.323 e. The molecule has 1 fully saturated rings. The van der Waals surface area contributed by atoms with Gasteiger partial charge in [0.1, 0.15) is 17.2 Å². The summed E-state index contributed by atoms with van der Waals surface area (Å²) in [6.07, 6.45) is 2.31. The van der Waals surface area contributed by atoms with Crippen LogP contribution in [0.15, 0.2) is 69.2 Å². The second-order valence-corrected chi connectivity index (χ2v) is 11.1. The van der Waals surface area contributed by atoms with Gasteiger partial charge in [-0.3, -0.25) is 19.1 Å². The number of nitrogens with zero attached hydrogens (tertiary/aromatic N) is 3. The molecule has 1 aliphatic heterocycles. The second-order valence-electron chi connectivity index (χ2n) is 8.83. The fourth-order valence-corrected chi connectivity index (χ4v) is 6.36. The van der Waals surface area contributed by atoms with Gasteiger partial charge in [0.25, 0.3) is 5.56 Å². The molecule has 6 nitrogen and oxygen atoms in total. The maximum atomic E-state index is 13.6. The molecule has 1 saturated heterocycles. The number of carbonyl (C=O) groups excluding carboxylic acids is 1. The molecule has 3 heterocycles. The molecule has 4 aromatic rings. The van der Waals surface area contributed by atoms with Crippen LogP contribution < -0.4 is 10.9 Å². The summed E-state index contributed by atoms with van der Waals surface area (Å²) in [4.78, 5) is 37.9. The van der Waals surface area contributed by atoms with Crippen molar-refractivity contribution in [2.45, 2.75) is 49.6 Å². The molecule has 180 valence electrons. The summed E-state index contributed by atoms with van der Waals surface area (Å²) in [7, 11) is 0. The van der Waals surface area contributed by atoms with Gasteiger partial charge in [-0.1, -0.05) is 42.1 Å². The molecule has 8 heteroatoms. The normalized spacial score (nSPS) is 14.0. The van der Waals surface area contributed by atoms with Crippen LogP contribution in [0, 0.1) is 13.8 Å². The Bertz CT molecular complexity index is 1420. The van der Waals surface area contributed by atoms with Crippen molar-refractivity contribution < 1.29 is 4.79 Å². The van der Waals surface area contributed by atoms with Crippen LogP contribution in [0.25, 0.3) is 10.2 Å². The minimum Gasteiger partial charge on any atom is -0.323 e. The maximum absolute atomic E-state index is 13.6. The number of likely N-dealkylation sites (tertiary alicyclic amines) is 1. The summed E-state index contributed by atoms with van der Waals surface area (Å²) in [5.74, 6) is 0.425. The molecule has 5 rings (SSSR count). The Hall–Kier alpha value is -2.94. The van der Waals surface area contributed by atoms with Gasteiger partial charge in [0, 0.05) is 14.7 Å². The quantitative estimate of drug-likeness (QED) is 0.362. The number of carbonyl (C=O) groups is 1. The van der Waals surface area contributed by atoms with Gasteiger partial charge in [-0.2, -0.15) is 0 Å². The van der Waals surface area contributed by atoms with Crippen LogP contribution in [0.4, 0.5) is 5.69 Å². The molecular formula is C27H28N4O2S2. The molecule has 0 atom stereocenters. The number of hydrogen-bond donors (Lipinski definition) is 1. The maximum Gasteiger partial charge on any atom is 0.263 e. The Balaban J connectivity index is 1.44. The van der Waals surface area contributed by atoms with Crippen molar-refractivity contribution >= 4 is 44.9 Å². The van der Waals surface area contributed by atoms with Gasteiger partial charge in [0.05, 0.1) is 17.6 Å². The fraction of sp³-hybridized carbons (Fsp3) is 0.296. The number of anilines is 1. The average Bonchev–Trinajstić information content (AvgIpc) is 3.46. The molecular weight excluding hydrogens is 476 g/mol. The van der Waals surface area contributed by atoms with E-state index in [-0.39, 0.29) is 18.0 Å². The lowest BCUT2D eigenvalue weighted by Crippen LogP contribution is -2.33. The zero-order valence-electron chi connectivity index (χ0n) is 19.9. The standard InChI is InChI=1S/C27H28N4O2S2/c1-18-19(2)34-26-25(18)27(33)31(23(29-26)16-30-14-8-9-15-30)17-24(32)28-21-12-6-7-13-22(21)35-20-10-4-3-5-11-20/h3-7,10-13H,8-9,14-17H2,1-2H3,(H,28,32). The summed E-state index contributed by atoms with van der Waals surface area (Å²) >= 11 is 3.15. The number of aryl methyl sites for hydroxylation is 2. The first kappa shape index (κ1) is 23.8. The van der Waals surface area contributed by atoms with E-state index in [1.54, 1.807) is 27.7 Å². The van der Waals surface area contributed by atoms with Crippen molar-refractivity contribution in [3.8, 4) is 0 Å². The van der Waals surface area contributed by atoms with Gasteiger partial charge in [-0.25, -0.2) is 4.98 Å². The third kappa shape index (κ3) is 5.19. The van der Waals surface area contributed by atoms with Crippen LogP contribution >= 0.6 is 23.1 Å². The number of nitrogens with one attached hydrogen (secondary N) is 1. The van der Waals surface area contributed by atoms with Crippen molar-refractivity contribution in [1.82, 2.24) is 14.5 Å². The monoisotopic (exact) mass is 504 g/mol. The van der Waals surface area contributed by atoms with Gasteiger partial charge in [0.2, 0.25) is 5.91 Å². The first-order chi connectivity index (χ1) is 17.0. The molecule has 0 saturated carbocycles. The average molecular weight is 505 g/mol. The highest BCUT2D eigenvalue weighted by Crippen LogP contribution is 2.33. The molecule has 0 spiro atoms. The van der Waals surface area contributed by atoms with Crippen molar-refractivity contribution in [3.63, 3.8) is 0 Å². The van der Waals surface area contributed by atoms with E-state index in [2.05, 4.69) is 10.2 Å². The number of para-hydroxylation sites is 1. The lowest BCUT2D eigenvalue weighted by molar-refractivity contribution is -0.116. The van der Waals surface area contributed by atoms with Crippen molar-refractivity contribution in [3.05, 3.63) is 81.2 Å². The smallest absolute Gasteiger partial charge is 0.263 e. The number of aromatic nitrogens is 2. The van der Waals surface area contributed by atoms with E-state index in [0.29, 0.717) is 17.8 Å². The lowest BCUT2D eigenvalue weighted by Gasteiger charge is -2.18. The summed E-state index contributed by atoms with van der Waals surface area (Å²) in [6.45, 7) is 6.47. The van der Waals surface area contributed by atoms with E-state index in [4.69, 9.17) is 4.98 Å². The highest BCUT2D eigenvalue weighted by Gasteiger charge is 2.21. The molecule has 1 N–H and O–H groups in total. The summed E-state index contributed by atoms with van der Waals surface area (Å²) < 4.78 is 1.57. The Morgan fingerprint density at radius 2 is 1.77 bits per heavy atom. The molecule has 0 aliphatic carbocycles. The van der Waals surface area contributed by atoms with Crippen LogP contribution in [0.2, 0.25) is 0 Å². The Morgan fingerprint density at radius 1 is 1.06 bits per heavy atom. The lowest BCUT2D eigenvalue weighted by atomic mass is 10.2. The molecule has 1 amide bonds. The molecule has 35 heavy (non-hydrogen) atoms. The molecule has 0 radical (unpaired) electrons. The third-order valence-electron chi connectivity index (χ3n) is 6.37. The Labute approximate surface area is 213 Å². The Morgan fingerprint density at radius 3 is 2.54 bits per heavy atom. The number of rotatable bonds is 7. The van der Waals surface area contributed by atoms with E-state index >= 15 is 0 Å². The predicted octanol–water partition coefficient (Wildman–Crippen LogP) is 5.46. The molecule has 0 unspecified atom stereocenters. The predicted molar refractivity (Wildman–Crippen MR) is 144 cm³/mol. The van der Waals surface area contributed by atoms with Crippen molar-refractivity contribution in [1.29, 1.82) is 0 Å². The van der Waals surface area contributed by atoms with Gasteiger partial charge in [-0.15, -0.1) is 11.3 Å². The number of thiophene rings is 1. The van der Waals surface area contributed by atoms with Gasteiger partial charge >= 0.3 is 0 Å². The van der Waals surface area contributed by atoms with Crippen LogP contribution in [-0.4, -0.2) is 33.4 Å². The molecule has 0 bridgehead atoms. The van der Waals surface area contributed by atoms with Crippen LogP contribution in [0.3, 0.4) is 0 Å². The second kappa shape index (κ2) is 10.4. The minimum absolute atomic E-state index is 0.0659. The molecule has 2 aromatic carbocycles. The van der Waals surface area contributed by atoms with E-state index < -0.39 is 0 Å². The summed E-state index contributed by atoms with van der Waals surface area (Å²) in [6, 6.07) is 17.8. The SMILES string of the molecule is Cc1sc2nc(CN3CCCC3)n(CC(=O)Nc3ccccc3Sc3ccccc3)c(=O)c2c1C. The number of amides is 1. The molecule has 2 aromatic heterocycles. The highest BCUT2D eigenvalue weighted by atomic mass is 32.2. The van der Waals surface area contributed by atoms with Gasteiger partial charge in [-0.05, 0) is 69.6 Å². The van der Waals surface area contributed by atoms with E-state index in [1.807, 2.05) is 68.4 Å². The topological polar surface area (TPSA) is 67.2 Å². The van der Waals surface area contributed by atoms with E-state index in [0.717, 1.165) is 56.7 Å². The van der Waals surface area contributed by atoms with Crippen molar-refractivity contribution in [2.75, 3.05) is 18.4 Å². The summed E-state index contributed by atoms with van der Waals surface area (Å²) in [5.41, 5.74) is 1.55. The highest BCUT2D eigenvalue weighted by molar-refractivity contribution is 7.99. The number of hydrogen-bond acceptors (Lipinski definition) is 6. The van der Waals surface area contributed by atoms with Gasteiger partial charge in [0.15, 0.2) is 0 Å². The number of fused-ring (bicyclic) bond motifs is 1.